The summed E-state index contributed by atoms with van der Waals surface area (Å²) in [6.07, 6.45) is 5.71. The molecule has 1 fully saturated rings. The van der Waals surface area contributed by atoms with Gasteiger partial charge in [0.2, 0.25) is 0 Å². The van der Waals surface area contributed by atoms with Crippen LogP contribution in [0, 0.1) is 5.41 Å². The molecule has 0 amide bonds. The molecule has 13 heavy (non-hydrogen) atoms. The summed E-state index contributed by atoms with van der Waals surface area (Å²) in [7, 11) is 0. The Balaban J connectivity index is 2.10. The van der Waals surface area contributed by atoms with Crippen LogP contribution in [0.15, 0.2) is 11.8 Å². The molecule has 1 aliphatic carbocycles. The van der Waals surface area contributed by atoms with Crippen molar-refractivity contribution in [2.45, 2.75) is 33.1 Å². The van der Waals surface area contributed by atoms with E-state index in [1.807, 2.05) is 19.9 Å². The van der Waals surface area contributed by atoms with Crippen molar-refractivity contribution in [3.63, 3.8) is 0 Å². The molecule has 2 aliphatic rings. The molecule has 0 spiro atoms. The normalized spacial score (nSPS) is 26.8. The number of hydrogen-bond acceptors (Lipinski definition) is 2. The number of hydrogen-bond donors (Lipinski definition) is 0. The number of rotatable bonds is 1. The van der Waals surface area contributed by atoms with Crippen LogP contribution in [-0.2, 0) is 4.79 Å². The molecule has 1 aliphatic heterocycles. The van der Waals surface area contributed by atoms with Gasteiger partial charge in [0.15, 0.2) is 5.78 Å². The highest BCUT2D eigenvalue weighted by atomic mass is 16.1. The Bertz CT molecular complexity index is 259. The molecule has 0 bridgehead atoms. The summed E-state index contributed by atoms with van der Waals surface area (Å²) in [4.78, 5) is 13.7. The molecule has 2 rings (SSSR count). The minimum atomic E-state index is -0.197. The molecule has 0 saturated carbocycles. The van der Waals surface area contributed by atoms with E-state index < -0.39 is 0 Å². The van der Waals surface area contributed by atoms with Crippen LogP contribution in [0.25, 0.3) is 0 Å². The van der Waals surface area contributed by atoms with E-state index >= 15 is 0 Å². The van der Waals surface area contributed by atoms with E-state index in [1.54, 1.807) is 0 Å². The lowest BCUT2D eigenvalue weighted by Crippen LogP contribution is -2.45. The van der Waals surface area contributed by atoms with Crippen LogP contribution >= 0.6 is 0 Å². The second-order valence-corrected chi connectivity index (χ2v) is 4.57. The maximum absolute atomic E-state index is 11.3. The van der Waals surface area contributed by atoms with Gasteiger partial charge in [-0.25, -0.2) is 0 Å². The van der Waals surface area contributed by atoms with Gasteiger partial charge in [0.05, 0.1) is 5.41 Å². The molecule has 2 nitrogen and oxygen atoms in total. The lowest BCUT2D eigenvalue weighted by atomic mass is 9.74. The third-order valence-electron chi connectivity index (χ3n) is 3.22. The van der Waals surface area contributed by atoms with Crippen LogP contribution in [0.1, 0.15) is 33.1 Å². The molecule has 0 radical (unpaired) electrons. The Kier molecular flexibility index (Phi) is 1.94. The number of allylic oxidation sites excluding steroid dienone is 2. The minimum absolute atomic E-state index is 0.197. The third-order valence-corrected chi connectivity index (χ3v) is 3.22. The largest absolute Gasteiger partial charge is 0.374 e. The van der Waals surface area contributed by atoms with Crippen LogP contribution in [0.2, 0.25) is 0 Å². The lowest BCUT2D eigenvalue weighted by Gasteiger charge is -2.43. The third kappa shape index (κ3) is 1.28. The van der Waals surface area contributed by atoms with Crippen LogP contribution < -0.4 is 0 Å². The van der Waals surface area contributed by atoms with Crippen molar-refractivity contribution in [1.29, 1.82) is 0 Å². The van der Waals surface area contributed by atoms with Gasteiger partial charge in [0, 0.05) is 24.9 Å². The first-order valence-electron chi connectivity index (χ1n) is 5.14. The summed E-state index contributed by atoms with van der Waals surface area (Å²) in [5, 5.41) is 0. The maximum Gasteiger partial charge on any atom is 0.168 e. The minimum Gasteiger partial charge on any atom is -0.374 e. The first-order chi connectivity index (χ1) is 6.12. The van der Waals surface area contributed by atoms with Crippen molar-refractivity contribution in [3.05, 3.63) is 11.8 Å². The number of piperidine rings is 1. The second-order valence-electron chi connectivity index (χ2n) is 4.57. The first kappa shape index (κ1) is 8.79. The van der Waals surface area contributed by atoms with Crippen molar-refractivity contribution in [2.24, 2.45) is 5.41 Å². The smallest absolute Gasteiger partial charge is 0.168 e. The van der Waals surface area contributed by atoms with Gasteiger partial charge in [-0.2, -0.15) is 0 Å². The highest BCUT2D eigenvalue weighted by Crippen LogP contribution is 2.39. The summed E-state index contributed by atoms with van der Waals surface area (Å²) in [5.41, 5.74) is 1.06. The standard InChI is InChI=1S/C11H17NO/c1-11(2)9(8-10(11)13)12-6-4-3-5-7-12/h8H,3-7H2,1-2H3. The van der Waals surface area contributed by atoms with E-state index in [0.717, 1.165) is 13.1 Å². The van der Waals surface area contributed by atoms with Crippen LogP contribution in [-0.4, -0.2) is 23.8 Å². The molecule has 0 aromatic heterocycles. The van der Waals surface area contributed by atoms with Crippen molar-refractivity contribution >= 4 is 5.78 Å². The summed E-state index contributed by atoms with van der Waals surface area (Å²) in [6.45, 7) is 6.34. The molecule has 0 aromatic carbocycles. The van der Waals surface area contributed by atoms with Crippen molar-refractivity contribution in [2.75, 3.05) is 13.1 Å². The average molecular weight is 179 g/mol. The highest BCUT2D eigenvalue weighted by Gasteiger charge is 2.41. The fourth-order valence-corrected chi connectivity index (χ4v) is 2.15. The van der Waals surface area contributed by atoms with Crippen molar-refractivity contribution in [3.8, 4) is 0 Å². The van der Waals surface area contributed by atoms with E-state index in [1.165, 1.54) is 25.0 Å². The fraction of sp³-hybridized carbons (Fsp3) is 0.727. The average Bonchev–Trinajstić information content (AvgIpc) is 2.15. The molecule has 1 heterocycles. The molecular weight excluding hydrogens is 162 g/mol. The molecule has 1 saturated heterocycles. The van der Waals surface area contributed by atoms with Crippen LogP contribution in [0.5, 0.6) is 0 Å². The summed E-state index contributed by atoms with van der Waals surface area (Å²) >= 11 is 0. The molecule has 0 unspecified atom stereocenters. The van der Waals surface area contributed by atoms with Gasteiger partial charge < -0.3 is 4.90 Å². The van der Waals surface area contributed by atoms with Gasteiger partial charge >= 0.3 is 0 Å². The number of likely N-dealkylation sites (tertiary alicyclic amines) is 1. The van der Waals surface area contributed by atoms with Gasteiger partial charge in [-0.15, -0.1) is 0 Å². The van der Waals surface area contributed by atoms with Gasteiger partial charge in [0.1, 0.15) is 0 Å². The fourth-order valence-electron chi connectivity index (χ4n) is 2.15. The summed E-state index contributed by atoms with van der Waals surface area (Å²) < 4.78 is 0. The quantitative estimate of drug-likeness (QED) is 0.613. The molecular formula is C11H17NO. The van der Waals surface area contributed by atoms with E-state index in [2.05, 4.69) is 4.90 Å². The number of carbonyl (C=O) groups is 1. The first-order valence-corrected chi connectivity index (χ1v) is 5.14. The highest BCUT2D eigenvalue weighted by molar-refractivity contribution is 6.04. The van der Waals surface area contributed by atoms with E-state index in [9.17, 15) is 4.79 Å². The number of nitrogens with zero attached hydrogens (tertiary/aromatic N) is 1. The topological polar surface area (TPSA) is 20.3 Å². The van der Waals surface area contributed by atoms with Crippen LogP contribution in [0.4, 0.5) is 0 Å². The van der Waals surface area contributed by atoms with Crippen LogP contribution in [0.3, 0.4) is 0 Å². The molecule has 72 valence electrons. The Labute approximate surface area is 79.6 Å². The SMILES string of the molecule is CC1(C)C(=O)C=C1N1CCCCC1. The lowest BCUT2D eigenvalue weighted by molar-refractivity contribution is -0.124. The van der Waals surface area contributed by atoms with Gasteiger partial charge in [-0.3, -0.25) is 4.79 Å². The second kappa shape index (κ2) is 2.86. The Morgan fingerprint density at radius 2 is 1.85 bits per heavy atom. The monoisotopic (exact) mass is 179 g/mol. The van der Waals surface area contributed by atoms with Crippen molar-refractivity contribution < 1.29 is 4.79 Å². The predicted octanol–water partition coefficient (Wildman–Crippen LogP) is 1.97. The molecule has 2 heteroatoms. The maximum atomic E-state index is 11.3. The molecule has 0 aromatic rings. The van der Waals surface area contributed by atoms with Gasteiger partial charge in [0.25, 0.3) is 0 Å². The Morgan fingerprint density at radius 3 is 2.31 bits per heavy atom. The van der Waals surface area contributed by atoms with Gasteiger partial charge in [-0.1, -0.05) is 0 Å². The number of ketones is 1. The predicted molar refractivity (Wildman–Crippen MR) is 52.3 cm³/mol. The zero-order valence-corrected chi connectivity index (χ0v) is 8.47. The Morgan fingerprint density at radius 1 is 1.23 bits per heavy atom. The van der Waals surface area contributed by atoms with E-state index in [4.69, 9.17) is 0 Å². The molecule has 0 atom stereocenters. The van der Waals surface area contributed by atoms with Crippen molar-refractivity contribution in [1.82, 2.24) is 4.90 Å². The van der Waals surface area contributed by atoms with Gasteiger partial charge in [-0.05, 0) is 33.1 Å². The Hall–Kier alpha value is -0.790. The number of carbonyl (C=O) groups excluding carboxylic acids is 1. The van der Waals surface area contributed by atoms with E-state index in [-0.39, 0.29) is 11.2 Å². The zero-order valence-electron chi connectivity index (χ0n) is 8.47. The summed E-state index contributed by atoms with van der Waals surface area (Å²) in [6, 6.07) is 0. The van der Waals surface area contributed by atoms with E-state index in [0.29, 0.717) is 0 Å². The molecule has 0 N–H and O–H groups in total. The zero-order chi connectivity index (χ0) is 9.47. The summed E-state index contributed by atoms with van der Waals surface area (Å²) in [5.74, 6) is 0.285.